The van der Waals surface area contributed by atoms with Crippen molar-refractivity contribution < 1.29 is 28.2 Å². The number of halogens is 1. The number of hydrogen-bond donors (Lipinski definition) is 2. The molecule has 1 aromatic carbocycles. The number of rotatable bonds is 10. The maximum absolute atomic E-state index is 14.7. The lowest BCUT2D eigenvalue weighted by molar-refractivity contribution is -0.118. The number of nitrogens with one attached hydrogen (secondary N) is 2. The summed E-state index contributed by atoms with van der Waals surface area (Å²) in [6, 6.07) is 3.37. The van der Waals surface area contributed by atoms with Crippen LogP contribution in [-0.2, 0) is 28.9 Å². The number of benzene rings is 1. The first-order valence-electron chi connectivity index (χ1n) is 12.8. The highest BCUT2D eigenvalue weighted by Gasteiger charge is 2.34. The predicted molar refractivity (Wildman–Crippen MR) is 134 cm³/mol. The van der Waals surface area contributed by atoms with Gasteiger partial charge in [-0.3, -0.25) is 9.69 Å². The third-order valence-electron chi connectivity index (χ3n) is 6.87. The van der Waals surface area contributed by atoms with Crippen molar-refractivity contribution in [3.05, 3.63) is 47.7 Å². The molecule has 1 saturated heterocycles. The normalized spacial score (nSPS) is 19.8. The minimum Gasteiger partial charge on any atom is -0.492 e. The van der Waals surface area contributed by atoms with E-state index in [9.17, 15) is 14.0 Å². The molecule has 0 spiro atoms. The third kappa shape index (κ3) is 5.60. The van der Waals surface area contributed by atoms with E-state index < -0.39 is 6.09 Å². The van der Waals surface area contributed by atoms with Crippen LogP contribution in [0.2, 0.25) is 0 Å². The van der Waals surface area contributed by atoms with Crippen LogP contribution in [0.3, 0.4) is 0 Å². The maximum Gasteiger partial charge on any atom is 0.415 e. The predicted octanol–water partition coefficient (Wildman–Crippen LogP) is 1.34. The molecule has 3 aromatic rings. The summed E-state index contributed by atoms with van der Waals surface area (Å²) in [5.41, 5.74) is 1.73. The summed E-state index contributed by atoms with van der Waals surface area (Å²) >= 11 is 0. The van der Waals surface area contributed by atoms with Crippen molar-refractivity contribution in [2.24, 2.45) is 5.92 Å². The highest BCUT2D eigenvalue weighted by molar-refractivity contribution is 5.94. The summed E-state index contributed by atoms with van der Waals surface area (Å²) in [5.74, 6) is 0.904. The second-order valence-corrected chi connectivity index (χ2v) is 9.66. The highest BCUT2D eigenvalue weighted by Crippen LogP contribution is 2.32. The van der Waals surface area contributed by atoms with Crippen molar-refractivity contribution in [3.63, 3.8) is 0 Å². The molecule has 1 aliphatic carbocycles. The van der Waals surface area contributed by atoms with Gasteiger partial charge in [0.05, 0.1) is 25.5 Å². The van der Waals surface area contributed by atoms with E-state index in [1.54, 1.807) is 17.1 Å². The molecule has 2 N–H and O–H groups in total. The van der Waals surface area contributed by atoms with Crippen LogP contribution >= 0.6 is 0 Å². The smallest absolute Gasteiger partial charge is 0.415 e. The molecular formula is C25H27FN8O5. The molecule has 6 rings (SSSR count). The number of anilines is 2. The van der Waals surface area contributed by atoms with E-state index in [1.165, 1.54) is 17.2 Å². The molecule has 0 bridgehead atoms. The van der Waals surface area contributed by atoms with Crippen LogP contribution in [0.15, 0.2) is 30.7 Å². The third-order valence-corrected chi connectivity index (χ3v) is 6.87. The number of hydrogen-bond acceptors (Lipinski definition) is 10. The zero-order valence-electron chi connectivity index (χ0n) is 21.0. The van der Waals surface area contributed by atoms with E-state index in [2.05, 4.69) is 30.9 Å². The SMILES string of the molecule is O=C1COc2ncc(N3CC(CCNCC4Cc5cc(OCCn6ccnn6)cc(F)c5C4)OC3=O)nc2N1. The molecule has 1 fully saturated rings. The summed E-state index contributed by atoms with van der Waals surface area (Å²) in [4.78, 5) is 33.8. The molecule has 2 aliphatic heterocycles. The van der Waals surface area contributed by atoms with Crippen LogP contribution in [-0.4, -0.2) is 75.9 Å². The maximum atomic E-state index is 14.7. The Labute approximate surface area is 222 Å². The summed E-state index contributed by atoms with van der Waals surface area (Å²) in [6.07, 6.45) is 5.98. The van der Waals surface area contributed by atoms with Crippen molar-refractivity contribution in [1.82, 2.24) is 30.3 Å². The Bertz CT molecular complexity index is 1370. The lowest BCUT2D eigenvalue weighted by Crippen LogP contribution is -2.30. The first kappa shape index (κ1) is 25.0. The van der Waals surface area contributed by atoms with E-state index >= 15 is 0 Å². The van der Waals surface area contributed by atoms with Gasteiger partial charge >= 0.3 is 6.09 Å². The van der Waals surface area contributed by atoms with Crippen molar-refractivity contribution in [1.29, 1.82) is 0 Å². The number of carbonyl (C=O) groups is 2. The van der Waals surface area contributed by atoms with Gasteiger partial charge in [0.25, 0.3) is 11.8 Å². The van der Waals surface area contributed by atoms with E-state index in [1.807, 2.05) is 6.07 Å². The van der Waals surface area contributed by atoms with Crippen LogP contribution < -0.4 is 25.0 Å². The van der Waals surface area contributed by atoms with E-state index in [4.69, 9.17) is 14.2 Å². The van der Waals surface area contributed by atoms with Crippen LogP contribution in [0, 0.1) is 11.7 Å². The molecule has 204 valence electrons. The van der Waals surface area contributed by atoms with Gasteiger partial charge in [-0.1, -0.05) is 5.21 Å². The number of ether oxygens (including phenoxy) is 3. The Kier molecular flexibility index (Phi) is 6.92. The van der Waals surface area contributed by atoms with Gasteiger partial charge in [0.2, 0.25) is 0 Å². The molecule has 2 unspecified atom stereocenters. The zero-order chi connectivity index (χ0) is 26.8. The second-order valence-electron chi connectivity index (χ2n) is 9.66. The van der Waals surface area contributed by atoms with Crippen molar-refractivity contribution in [3.8, 4) is 11.6 Å². The number of carbonyl (C=O) groups excluding carboxylic acids is 2. The van der Waals surface area contributed by atoms with Crippen LogP contribution in [0.1, 0.15) is 17.5 Å². The summed E-state index contributed by atoms with van der Waals surface area (Å²) in [6.45, 7) is 2.47. The first-order valence-corrected chi connectivity index (χ1v) is 12.8. The minimum absolute atomic E-state index is 0.120. The quantitative estimate of drug-likeness (QED) is 0.363. The number of nitrogens with zero attached hydrogens (tertiary/aromatic N) is 6. The summed E-state index contributed by atoms with van der Waals surface area (Å²) < 4.78 is 32.8. The Morgan fingerprint density at radius 1 is 1.26 bits per heavy atom. The first-order chi connectivity index (χ1) is 19.0. The van der Waals surface area contributed by atoms with Gasteiger partial charge in [-0.25, -0.2) is 23.8 Å². The minimum atomic E-state index is -0.515. The molecule has 14 heteroatoms. The summed E-state index contributed by atoms with van der Waals surface area (Å²) in [5, 5.41) is 13.6. The van der Waals surface area contributed by atoms with Crippen molar-refractivity contribution >= 4 is 23.6 Å². The standard InChI is InChI=1S/C25H27FN8O5/c26-20-10-18(37-6-5-33-4-3-29-32-33)9-16-7-15(8-19(16)20)11-27-2-1-17-13-34(25(36)39-17)21-12-28-24-23(30-21)31-22(35)14-38-24/h3-4,9-10,12,15,17,27H,1-2,5-8,11,13-14H2,(H,30,31,35). The molecule has 2 atom stereocenters. The molecule has 0 radical (unpaired) electrons. The molecule has 4 heterocycles. The van der Waals surface area contributed by atoms with Gasteiger partial charge < -0.3 is 24.8 Å². The fraction of sp³-hybridized carbons (Fsp3) is 0.440. The molecule has 39 heavy (non-hydrogen) atoms. The molecule has 3 aliphatic rings. The number of fused-ring (bicyclic) bond motifs is 2. The average molecular weight is 539 g/mol. The Morgan fingerprint density at radius 2 is 2.18 bits per heavy atom. The van der Waals surface area contributed by atoms with Gasteiger partial charge in [0, 0.05) is 12.3 Å². The monoisotopic (exact) mass is 538 g/mol. The van der Waals surface area contributed by atoms with Crippen LogP contribution in [0.5, 0.6) is 11.6 Å². The van der Waals surface area contributed by atoms with Crippen LogP contribution in [0.4, 0.5) is 20.8 Å². The average Bonchev–Trinajstić information content (AvgIpc) is 3.67. The van der Waals surface area contributed by atoms with E-state index in [0.29, 0.717) is 44.8 Å². The summed E-state index contributed by atoms with van der Waals surface area (Å²) in [7, 11) is 0. The Morgan fingerprint density at radius 3 is 3.05 bits per heavy atom. The van der Waals surface area contributed by atoms with Crippen molar-refractivity contribution in [2.45, 2.75) is 31.9 Å². The fourth-order valence-corrected chi connectivity index (χ4v) is 5.00. The zero-order valence-corrected chi connectivity index (χ0v) is 21.0. The molecule has 13 nitrogen and oxygen atoms in total. The lowest BCUT2D eigenvalue weighted by atomic mass is 10.1. The molecule has 0 saturated carbocycles. The number of cyclic esters (lactones) is 1. The van der Waals surface area contributed by atoms with Gasteiger partial charge in [0.15, 0.2) is 18.2 Å². The fourth-order valence-electron chi connectivity index (χ4n) is 5.00. The van der Waals surface area contributed by atoms with Gasteiger partial charge in [0.1, 0.15) is 24.3 Å². The Hall–Kier alpha value is -4.33. The van der Waals surface area contributed by atoms with Gasteiger partial charge in [-0.15, -0.1) is 5.10 Å². The topological polar surface area (TPSA) is 146 Å². The Balaban J connectivity index is 0.948. The largest absolute Gasteiger partial charge is 0.492 e. The van der Waals surface area contributed by atoms with Gasteiger partial charge in [-0.2, -0.15) is 0 Å². The second kappa shape index (κ2) is 10.8. The van der Waals surface area contributed by atoms with E-state index in [0.717, 1.165) is 24.1 Å². The highest BCUT2D eigenvalue weighted by atomic mass is 19.1. The van der Waals surface area contributed by atoms with Gasteiger partial charge in [-0.05, 0) is 55.5 Å². The number of aromatic nitrogens is 5. The van der Waals surface area contributed by atoms with Crippen LogP contribution in [0.25, 0.3) is 0 Å². The number of amides is 2. The van der Waals surface area contributed by atoms with Crippen molar-refractivity contribution in [2.75, 3.05) is 43.1 Å². The molecule has 2 amide bonds. The lowest BCUT2D eigenvalue weighted by Gasteiger charge is -2.18. The molecule has 2 aromatic heterocycles. The van der Waals surface area contributed by atoms with E-state index in [-0.39, 0.29) is 47.9 Å². The molecular weight excluding hydrogens is 511 g/mol.